The third-order valence-corrected chi connectivity index (χ3v) is 3.67. The van der Waals surface area contributed by atoms with Gasteiger partial charge in [0.2, 0.25) is 5.91 Å². The number of carbonyl (C=O) groups is 1. The predicted molar refractivity (Wildman–Crippen MR) is 59.6 cm³/mol. The van der Waals surface area contributed by atoms with Crippen molar-refractivity contribution >= 4 is 21.8 Å². The van der Waals surface area contributed by atoms with Crippen molar-refractivity contribution in [2.75, 3.05) is 32.7 Å². The average molecular weight is 261 g/mol. The van der Waals surface area contributed by atoms with Crippen LogP contribution < -0.4 is 0 Å². The lowest BCUT2D eigenvalue weighted by Crippen LogP contribution is -2.34. The number of hydrogen-bond acceptors (Lipinski definition) is 2. The molecule has 1 amide bonds. The Bertz CT molecular complexity index is 216. The zero-order valence-electron chi connectivity index (χ0n) is 8.41. The van der Waals surface area contributed by atoms with E-state index in [0.29, 0.717) is 17.2 Å². The van der Waals surface area contributed by atoms with Crippen LogP contribution in [0.3, 0.4) is 0 Å². The Hall–Kier alpha value is -0.0900. The summed E-state index contributed by atoms with van der Waals surface area (Å²) in [5.41, 5.74) is 0. The van der Waals surface area contributed by atoms with E-state index in [2.05, 4.69) is 20.8 Å². The van der Waals surface area contributed by atoms with Gasteiger partial charge in [0.1, 0.15) is 0 Å². The van der Waals surface area contributed by atoms with Crippen LogP contribution in [0.15, 0.2) is 0 Å². The molecule has 0 aliphatic carbocycles. The molecule has 0 aromatic rings. The van der Waals surface area contributed by atoms with Gasteiger partial charge in [0.15, 0.2) is 0 Å². The average Bonchev–Trinajstić information content (AvgIpc) is 2.72. The van der Waals surface area contributed by atoms with Crippen LogP contribution in [0.1, 0.15) is 19.3 Å². The van der Waals surface area contributed by atoms with Crippen LogP contribution in [0.4, 0.5) is 0 Å². The van der Waals surface area contributed by atoms with Crippen LogP contribution in [-0.2, 0) is 4.79 Å². The van der Waals surface area contributed by atoms with E-state index in [4.69, 9.17) is 0 Å². The molecule has 0 aromatic carbocycles. The molecule has 2 fully saturated rings. The zero-order chi connectivity index (χ0) is 9.97. The lowest BCUT2D eigenvalue weighted by Gasteiger charge is -2.20. The number of amides is 1. The van der Waals surface area contributed by atoms with E-state index >= 15 is 0 Å². The number of alkyl halides is 1. The van der Waals surface area contributed by atoms with Gasteiger partial charge in [-0.15, -0.1) is 0 Å². The summed E-state index contributed by atoms with van der Waals surface area (Å²) in [6.07, 6.45) is 3.34. The van der Waals surface area contributed by atoms with Gasteiger partial charge in [-0.05, 0) is 25.9 Å². The third-order valence-electron chi connectivity index (χ3n) is 3.05. The normalized spacial score (nSPS) is 29.1. The molecule has 2 heterocycles. The van der Waals surface area contributed by atoms with Crippen LogP contribution in [0.5, 0.6) is 0 Å². The van der Waals surface area contributed by atoms with E-state index in [1.165, 1.54) is 25.9 Å². The van der Waals surface area contributed by atoms with Crippen molar-refractivity contribution < 1.29 is 4.79 Å². The number of likely N-dealkylation sites (tertiary alicyclic amines) is 2. The predicted octanol–water partition coefficient (Wildman–Crippen LogP) is 1.08. The van der Waals surface area contributed by atoms with Crippen LogP contribution in [0.2, 0.25) is 0 Å². The second-order valence-corrected chi connectivity index (χ2v) is 5.48. The van der Waals surface area contributed by atoms with Crippen molar-refractivity contribution in [1.82, 2.24) is 9.80 Å². The van der Waals surface area contributed by atoms with E-state index in [1.807, 2.05) is 4.90 Å². The maximum absolute atomic E-state index is 11.5. The van der Waals surface area contributed by atoms with Crippen molar-refractivity contribution in [3.63, 3.8) is 0 Å². The van der Waals surface area contributed by atoms with E-state index in [9.17, 15) is 4.79 Å². The molecule has 0 aromatic heterocycles. The molecule has 1 atom stereocenters. The van der Waals surface area contributed by atoms with Gasteiger partial charge in [0.25, 0.3) is 0 Å². The third kappa shape index (κ3) is 2.48. The molecule has 2 rings (SSSR count). The number of nitrogens with zero attached hydrogens (tertiary/aromatic N) is 2. The molecule has 14 heavy (non-hydrogen) atoms. The van der Waals surface area contributed by atoms with E-state index in [-0.39, 0.29) is 0 Å². The smallest absolute Gasteiger partial charge is 0.223 e. The molecule has 1 unspecified atom stereocenters. The number of rotatable bonds is 3. The van der Waals surface area contributed by atoms with E-state index in [0.717, 1.165) is 19.6 Å². The van der Waals surface area contributed by atoms with E-state index in [1.54, 1.807) is 0 Å². The Morgan fingerprint density at radius 3 is 2.57 bits per heavy atom. The first kappa shape index (κ1) is 10.4. The summed E-state index contributed by atoms with van der Waals surface area (Å²) >= 11 is 3.50. The molecule has 0 spiro atoms. The fourth-order valence-corrected chi connectivity index (χ4v) is 2.83. The Morgan fingerprint density at radius 2 is 2.00 bits per heavy atom. The minimum atomic E-state index is 0.311. The standard InChI is InChI=1S/C10H17BrN2O/c11-9-7-10(14)13(8-9)6-5-12-3-1-2-4-12/h9H,1-8H2. The Labute approximate surface area is 93.6 Å². The summed E-state index contributed by atoms with van der Waals surface area (Å²) in [7, 11) is 0. The van der Waals surface area contributed by atoms with Crippen LogP contribution in [0, 0.1) is 0 Å². The fraction of sp³-hybridized carbons (Fsp3) is 0.900. The van der Waals surface area contributed by atoms with Crippen molar-refractivity contribution in [1.29, 1.82) is 0 Å². The SMILES string of the molecule is O=C1CC(Br)CN1CCN1CCCC1. The van der Waals surface area contributed by atoms with Gasteiger partial charge in [-0.1, -0.05) is 15.9 Å². The highest BCUT2D eigenvalue weighted by Crippen LogP contribution is 2.18. The second-order valence-electron chi connectivity index (χ2n) is 4.19. The minimum Gasteiger partial charge on any atom is -0.340 e. The quantitative estimate of drug-likeness (QED) is 0.710. The molecule has 0 N–H and O–H groups in total. The highest BCUT2D eigenvalue weighted by molar-refractivity contribution is 9.09. The molecule has 2 saturated heterocycles. The molecule has 2 aliphatic heterocycles. The van der Waals surface area contributed by atoms with Gasteiger partial charge in [-0.25, -0.2) is 0 Å². The van der Waals surface area contributed by atoms with Gasteiger partial charge in [-0.3, -0.25) is 4.79 Å². The molecule has 4 heteroatoms. The van der Waals surface area contributed by atoms with Gasteiger partial charge in [0, 0.05) is 30.9 Å². The van der Waals surface area contributed by atoms with Gasteiger partial charge >= 0.3 is 0 Å². The summed E-state index contributed by atoms with van der Waals surface area (Å²) < 4.78 is 0. The maximum atomic E-state index is 11.5. The first-order chi connectivity index (χ1) is 6.75. The van der Waals surface area contributed by atoms with Crippen LogP contribution in [-0.4, -0.2) is 53.3 Å². The largest absolute Gasteiger partial charge is 0.340 e. The summed E-state index contributed by atoms with van der Waals surface area (Å²) in [4.78, 5) is 16.3. The van der Waals surface area contributed by atoms with Crippen molar-refractivity contribution in [3.05, 3.63) is 0 Å². The molecule has 3 nitrogen and oxygen atoms in total. The molecule has 0 radical (unpaired) electrons. The number of hydrogen-bond donors (Lipinski definition) is 0. The van der Waals surface area contributed by atoms with Crippen LogP contribution in [0.25, 0.3) is 0 Å². The van der Waals surface area contributed by atoms with Crippen LogP contribution >= 0.6 is 15.9 Å². The first-order valence-corrected chi connectivity index (χ1v) is 6.31. The lowest BCUT2D eigenvalue weighted by molar-refractivity contribution is -0.127. The van der Waals surface area contributed by atoms with E-state index < -0.39 is 0 Å². The fourth-order valence-electron chi connectivity index (χ4n) is 2.21. The number of halogens is 1. The monoisotopic (exact) mass is 260 g/mol. The number of carbonyl (C=O) groups excluding carboxylic acids is 1. The molecular weight excluding hydrogens is 244 g/mol. The Morgan fingerprint density at radius 1 is 1.29 bits per heavy atom. The van der Waals surface area contributed by atoms with Gasteiger partial charge in [0.05, 0.1) is 0 Å². The minimum absolute atomic E-state index is 0.311. The van der Waals surface area contributed by atoms with Gasteiger partial charge in [-0.2, -0.15) is 0 Å². The summed E-state index contributed by atoms with van der Waals surface area (Å²) in [6, 6.07) is 0. The topological polar surface area (TPSA) is 23.6 Å². The molecule has 2 aliphatic rings. The highest BCUT2D eigenvalue weighted by Gasteiger charge is 2.27. The van der Waals surface area contributed by atoms with Crippen molar-refractivity contribution in [2.24, 2.45) is 0 Å². The maximum Gasteiger partial charge on any atom is 0.223 e. The van der Waals surface area contributed by atoms with Gasteiger partial charge < -0.3 is 9.80 Å². The first-order valence-electron chi connectivity index (χ1n) is 5.40. The van der Waals surface area contributed by atoms with Crippen molar-refractivity contribution in [2.45, 2.75) is 24.1 Å². The zero-order valence-corrected chi connectivity index (χ0v) is 10.0. The molecule has 0 saturated carbocycles. The summed E-state index contributed by atoms with van der Waals surface area (Å²) in [5.74, 6) is 0.311. The lowest BCUT2D eigenvalue weighted by atomic mass is 10.4. The summed E-state index contributed by atoms with van der Waals surface area (Å²) in [5, 5.41) is 0. The Balaban J connectivity index is 1.72. The van der Waals surface area contributed by atoms with Crippen molar-refractivity contribution in [3.8, 4) is 0 Å². The molecule has 0 bridgehead atoms. The Kier molecular flexibility index (Phi) is 3.44. The summed E-state index contributed by atoms with van der Waals surface area (Å²) in [6.45, 7) is 5.32. The molecule has 80 valence electrons. The highest BCUT2D eigenvalue weighted by atomic mass is 79.9. The second kappa shape index (κ2) is 4.62. The molecular formula is C10H17BrN2O.